The lowest BCUT2D eigenvalue weighted by atomic mass is 10.3. The van der Waals surface area contributed by atoms with E-state index in [0.717, 1.165) is 12.2 Å². The van der Waals surface area contributed by atoms with E-state index in [-0.39, 0.29) is 0 Å². The quantitative estimate of drug-likeness (QED) is 0.793. The number of aromatic nitrogens is 2. The Hall–Kier alpha value is -1.61. The zero-order valence-electron chi connectivity index (χ0n) is 9.77. The lowest BCUT2D eigenvalue weighted by Crippen LogP contribution is -2.23. The first-order valence-corrected chi connectivity index (χ1v) is 5.49. The van der Waals surface area contributed by atoms with Crippen LogP contribution in [0.2, 0.25) is 0 Å². The van der Waals surface area contributed by atoms with Gasteiger partial charge in [0, 0.05) is 18.8 Å². The van der Waals surface area contributed by atoms with Gasteiger partial charge in [-0.05, 0) is 25.5 Å². The Balaban J connectivity index is 2.24. The van der Waals surface area contributed by atoms with Crippen LogP contribution in [0, 0.1) is 6.92 Å². The smallest absolute Gasteiger partial charge is 0.136 e. The summed E-state index contributed by atoms with van der Waals surface area (Å²) in [6.07, 6.45) is 5.92. The van der Waals surface area contributed by atoms with Gasteiger partial charge in [0.15, 0.2) is 0 Å². The Morgan fingerprint density at radius 3 is 3.12 bits per heavy atom. The fraction of sp³-hybridized carbons (Fsp3) is 0.308. The lowest BCUT2D eigenvalue weighted by molar-refractivity contribution is 0.622. The number of nitrogens with one attached hydrogen (secondary N) is 1. The monoisotopic (exact) mass is 215 g/mol. The van der Waals surface area contributed by atoms with Gasteiger partial charge in [-0.25, -0.2) is 4.98 Å². The maximum Gasteiger partial charge on any atom is 0.136 e. The van der Waals surface area contributed by atoms with Gasteiger partial charge in [0.2, 0.25) is 0 Å². The zero-order chi connectivity index (χ0) is 11.5. The molecule has 0 fully saturated rings. The van der Waals surface area contributed by atoms with Gasteiger partial charge in [-0.1, -0.05) is 12.1 Å². The van der Waals surface area contributed by atoms with Crippen molar-refractivity contribution in [2.24, 2.45) is 0 Å². The molecule has 2 aromatic rings. The van der Waals surface area contributed by atoms with Crippen LogP contribution in [0.5, 0.6) is 0 Å². The number of pyridine rings is 1. The van der Waals surface area contributed by atoms with Crippen LogP contribution in [0.1, 0.15) is 18.2 Å². The first-order chi connectivity index (χ1) is 7.70. The van der Waals surface area contributed by atoms with Gasteiger partial charge < -0.3 is 9.72 Å². The van der Waals surface area contributed by atoms with Gasteiger partial charge in [-0.3, -0.25) is 0 Å². The highest BCUT2D eigenvalue weighted by atomic mass is 15.0. The summed E-state index contributed by atoms with van der Waals surface area (Å²) in [6, 6.07) is 4.43. The number of fused-ring (bicyclic) bond motifs is 1. The number of hydrogen-bond acceptors (Lipinski definition) is 2. The van der Waals surface area contributed by atoms with E-state index in [4.69, 9.17) is 0 Å². The maximum absolute atomic E-state index is 4.36. The van der Waals surface area contributed by atoms with Crippen LogP contribution in [0.25, 0.3) is 5.65 Å². The zero-order valence-corrected chi connectivity index (χ0v) is 9.77. The van der Waals surface area contributed by atoms with E-state index in [1.54, 1.807) is 0 Å². The van der Waals surface area contributed by atoms with Crippen molar-refractivity contribution < 1.29 is 0 Å². The Labute approximate surface area is 95.8 Å². The molecule has 1 N–H and O–H groups in total. The van der Waals surface area contributed by atoms with Crippen LogP contribution in [0.4, 0.5) is 0 Å². The molecule has 0 aliphatic rings. The Bertz CT molecular complexity index is 499. The largest absolute Gasteiger partial charge is 0.305 e. The molecule has 2 heterocycles. The number of nitrogens with zero attached hydrogens (tertiary/aromatic N) is 2. The summed E-state index contributed by atoms with van der Waals surface area (Å²) in [4.78, 5) is 4.36. The fourth-order valence-corrected chi connectivity index (χ4v) is 1.62. The van der Waals surface area contributed by atoms with E-state index in [9.17, 15) is 0 Å². The van der Waals surface area contributed by atoms with Gasteiger partial charge in [-0.2, -0.15) is 0 Å². The summed E-state index contributed by atoms with van der Waals surface area (Å²) >= 11 is 0. The first-order valence-electron chi connectivity index (χ1n) is 5.49. The number of imidazole rings is 1. The van der Waals surface area contributed by atoms with Crippen molar-refractivity contribution in [2.45, 2.75) is 26.4 Å². The predicted molar refractivity (Wildman–Crippen MR) is 66.4 cm³/mol. The van der Waals surface area contributed by atoms with Crippen molar-refractivity contribution in [3.8, 4) is 0 Å². The molecule has 2 rings (SSSR count). The van der Waals surface area contributed by atoms with Crippen molar-refractivity contribution in [3.63, 3.8) is 0 Å². The molecule has 0 bridgehead atoms. The third kappa shape index (κ3) is 2.14. The van der Waals surface area contributed by atoms with Gasteiger partial charge in [0.1, 0.15) is 5.65 Å². The van der Waals surface area contributed by atoms with E-state index in [0.29, 0.717) is 6.04 Å². The molecule has 0 saturated carbocycles. The first kappa shape index (κ1) is 10.9. The minimum Gasteiger partial charge on any atom is -0.305 e. The van der Waals surface area contributed by atoms with Crippen molar-refractivity contribution in [1.29, 1.82) is 0 Å². The van der Waals surface area contributed by atoms with Crippen molar-refractivity contribution >= 4 is 5.65 Å². The van der Waals surface area contributed by atoms with Gasteiger partial charge >= 0.3 is 0 Å². The van der Waals surface area contributed by atoms with E-state index in [2.05, 4.69) is 47.4 Å². The third-order valence-corrected chi connectivity index (χ3v) is 2.69. The van der Waals surface area contributed by atoms with Crippen LogP contribution in [-0.4, -0.2) is 15.4 Å². The highest BCUT2D eigenvalue weighted by molar-refractivity contribution is 5.41. The SMILES string of the molecule is C=CC(C)NCc1cnc2ccc(C)cn12. The van der Waals surface area contributed by atoms with Crippen LogP contribution < -0.4 is 5.32 Å². The van der Waals surface area contributed by atoms with Gasteiger partial charge in [0.05, 0.1) is 11.9 Å². The summed E-state index contributed by atoms with van der Waals surface area (Å²) in [5.41, 5.74) is 3.41. The molecule has 1 atom stereocenters. The maximum atomic E-state index is 4.36. The van der Waals surface area contributed by atoms with Crippen LogP contribution in [0.15, 0.2) is 37.2 Å². The molecule has 0 aliphatic heterocycles. The van der Waals surface area contributed by atoms with E-state index in [1.165, 1.54) is 11.3 Å². The molecule has 0 amide bonds. The highest BCUT2D eigenvalue weighted by Gasteiger charge is 2.03. The number of rotatable bonds is 4. The Morgan fingerprint density at radius 2 is 2.38 bits per heavy atom. The summed E-state index contributed by atoms with van der Waals surface area (Å²) in [5, 5.41) is 3.37. The second kappa shape index (κ2) is 4.49. The second-order valence-electron chi connectivity index (χ2n) is 4.09. The molecule has 1 unspecified atom stereocenters. The Morgan fingerprint density at radius 1 is 1.56 bits per heavy atom. The number of aryl methyl sites for hydroxylation is 1. The predicted octanol–water partition coefficient (Wildman–Crippen LogP) is 2.31. The summed E-state index contributed by atoms with van der Waals surface area (Å²) in [6.45, 7) is 8.73. The summed E-state index contributed by atoms with van der Waals surface area (Å²) < 4.78 is 2.12. The average Bonchev–Trinajstić information content (AvgIpc) is 2.68. The molecule has 2 aromatic heterocycles. The molecular formula is C13H17N3. The lowest BCUT2D eigenvalue weighted by Gasteiger charge is -2.08. The molecule has 16 heavy (non-hydrogen) atoms. The van der Waals surface area contributed by atoms with Gasteiger partial charge in [-0.15, -0.1) is 6.58 Å². The molecule has 84 valence electrons. The van der Waals surface area contributed by atoms with E-state index < -0.39 is 0 Å². The molecule has 3 nitrogen and oxygen atoms in total. The minimum absolute atomic E-state index is 0.315. The molecule has 0 aromatic carbocycles. The van der Waals surface area contributed by atoms with Crippen molar-refractivity contribution in [2.75, 3.05) is 0 Å². The Kier molecular flexibility index (Phi) is 3.06. The standard InChI is InChI=1S/C13H17N3/c1-4-11(3)14-7-12-8-15-13-6-5-10(2)9-16(12)13/h4-6,8-9,11,14H,1,7H2,2-3H3. The number of hydrogen-bond donors (Lipinski definition) is 1. The topological polar surface area (TPSA) is 29.3 Å². The fourth-order valence-electron chi connectivity index (χ4n) is 1.62. The molecule has 0 saturated heterocycles. The van der Waals surface area contributed by atoms with Crippen LogP contribution in [-0.2, 0) is 6.54 Å². The second-order valence-corrected chi connectivity index (χ2v) is 4.09. The molecule has 0 spiro atoms. The van der Waals surface area contributed by atoms with Crippen molar-refractivity contribution in [3.05, 3.63) is 48.4 Å². The average molecular weight is 215 g/mol. The third-order valence-electron chi connectivity index (χ3n) is 2.69. The van der Waals surface area contributed by atoms with Crippen LogP contribution in [0.3, 0.4) is 0 Å². The minimum atomic E-state index is 0.315. The summed E-state index contributed by atoms with van der Waals surface area (Å²) in [5.74, 6) is 0. The van der Waals surface area contributed by atoms with Gasteiger partial charge in [0.25, 0.3) is 0 Å². The highest BCUT2D eigenvalue weighted by Crippen LogP contribution is 2.08. The van der Waals surface area contributed by atoms with E-state index in [1.807, 2.05) is 18.3 Å². The van der Waals surface area contributed by atoms with Crippen molar-refractivity contribution in [1.82, 2.24) is 14.7 Å². The van der Waals surface area contributed by atoms with E-state index >= 15 is 0 Å². The molecular weight excluding hydrogens is 198 g/mol. The van der Waals surface area contributed by atoms with Crippen LogP contribution >= 0.6 is 0 Å². The summed E-state index contributed by atoms with van der Waals surface area (Å²) in [7, 11) is 0. The molecule has 0 aliphatic carbocycles. The molecule has 3 heteroatoms. The normalized spacial score (nSPS) is 12.9. The molecule has 0 radical (unpaired) electrons.